The predicted molar refractivity (Wildman–Crippen MR) is 123 cm³/mol. The second kappa shape index (κ2) is 11.5. The van der Waals surface area contributed by atoms with Crippen LogP contribution in [0.5, 0.6) is 0 Å². The summed E-state index contributed by atoms with van der Waals surface area (Å²) in [6, 6.07) is 3.91. The van der Waals surface area contributed by atoms with Gasteiger partial charge in [-0.3, -0.25) is 14.4 Å². The number of carbonyl (C=O) groups excluding carboxylic acids is 4. The van der Waals surface area contributed by atoms with Gasteiger partial charge < -0.3 is 28.4 Å². The zero-order chi connectivity index (χ0) is 27.4. The lowest BCUT2D eigenvalue weighted by Gasteiger charge is -2.48. The number of rotatable bonds is 7. The van der Waals surface area contributed by atoms with Crippen molar-refractivity contribution in [2.45, 2.75) is 77.4 Å². The van der Waals surface area contributed by atoms with Gasteiger partial charge in [0.05, 0.1) is 10.6 Å². The molecule has 10 nitrogen and oxygen atoms in total. The van der Waals surface area contributed by atoms with Crippen LogP contribution in [0.25, 0.3) is 0 Å². The van der Waals surface area contributed by atoms with E-state index in [2.05, 4.69) is 0 Å². The number of methoxy groups -OCH3 is 1. The largest absolute Gasteiger partial charge is 0.463 e. The van der Waals surface area contributed by atoms with Crippen LogP contribution in [0, 0.1) is 0 Å². The molecule has 1 aliphatic rings. The van der Waals surface area contributed by atoms with Gasteiger partial charge in [0.15, 0.2) is 18.4 Å². The van der Waals surface area contributed by atoms with Gasteiger partial charge in [-0.25, -0.2) is 9.18 Å². The molecule has 1 heterocycles. The van der Waals surface area contributed by atoms with Crippen molar-refractivity contribution in [3.8, 4) is 0 Å². The molecule has 2 rings (SSSR count). The van der Waals surface area contributed by atoms with Crippen molar-refractivity contribution in [1.29, 1.82) is 0 Å². The smallest absolute Gasteiger partial charge is 0.340 e. The molecule has 1 fully saturated rings. The summed E-state index contributed by atoms with van der Waals surface area (Å²) in [7, 11) is 1.13. The third-order valence-electron chi connectivity index (χ3n) is 5.01. The molecule has 0 N–H and O–H groups in total. The summed E-state index contributed by atoms with van der Waals surface area (Å²) in [5.41, 5.74) is -0.959. The van der Waals surface area contributed by atoms with Crippen molar-refractivity contribution in [2.24, 2.45) is 0 Å². The average Bonchev–Trinajstić information content (AvgIpc) is 2.74. The molecule has 0 bridgehead atoms. The molecule has 0 saturated carbocycles. The highest BCUT2D eigenvalue weighted by molar-refractivity contribution is 6.33. The second-order valence-electron chi connectivity index (χ2n) is 9.08. The van der Waals surface area contributed by atoms with Crippen molar-refractivity contribution in [2.75, 3.05) is 13.7 Å². The van der Waals surface area contributed by atoms with Gasteiger partial charge in [-0.05, 0) is 32.9 Å². The predicted octanol–water partition coefficient (Wildman–Crippen LogP) is 3.26. The first-order chi connectivity index (χ1) is 16.6. The number of carbonyl (C=O) groups is 4. The lowest BCUT2D eigenvalue weighted by molar-refractivity contribution is -0.354. The fraction of sp³-hybridized carbons (Fsp3) is 0.583. The fourth-order valence-corrected chi connectivity index (χ4v) is 3.86. The minimum absolute atomic E-state index is 0.0194. The van der Waals surface area contributed by atoms with Gasteiger partial charge >= 0.3 is 23.9 Å². The molecule has 1 aliphatic heterocycles. The molecule has 1 saturated heterocycles. The molecule has 1 aromatic rings. The molecule has 0 radical (unpaired) electrons. The van der Waals surface area contributed by atoms with Crippen LogP contribution in [0.4, 0.5) is 4.39 Å². The number of halogens is 2. The van der Waals surface area contributed by atoms with Crippen molar-refractivity contribution in [3.05, 3.63) is 34.3 Å². The Hall–Kier alpha value is -2.76. The van der Waals surface area contributed by atoms with E-state index >= 15 is 4.39 Å². The summed E-state index contributed by atoms with van der Waals surface area (Å²) < 4.78 is 48.4. The van der Waals surface area contributed by atoms with Gasteiger partial charge in [-0.2, -0.15) is 0 Å². The van der Waals surface area contributed by atoms with E-state index in [4.69, 9.17) is 40.0 Å². The maximum absolute atomic E-state index is 16.2. The van der Waals surface area contributed by atoms with E-state index in [0.29, 0.717) is 0 Å². The Balaban J connectivity index is 2.65. The zero-order valence-electron chi connectivity index (χ0n) is 21.1. The van der Waals surface area contributed by atoms with E-state index in [9.17, 15) is 19.2 Å². The number of alkyl halides is 1. The van der Waals surface area contributed by atoms with E-state index in [-0.39, 0.29) is 16.1 Å². The third-order valence-corrected chi connectivity index (χ3v) is 5.34. The van der Waals surface area contributed by atoms with Gasteiger partial charge in [0, 0.05) is 33.4 Å². The minimum Gasteiger partial charge on any atom is -0.463 e. The van der Waals surface area contributed by atoms with Crippen LogP contribution in [0.15, 0.2) is 18.2 Å². The first-order valence-corrected chi connectivity index (χ1v) is 11.4. The van der Waals surface area contributed by atoms with E-state index in [1.165, 1.54) is 18.2 Å². The van der Waals surface area contributed by atoms with E-state index in [0.717, 1.165) is 27.9 Å². The van der Waals surface area contributed by atoms with Crippen molar-refractivity contribution in [1.82, 2.24) is 0 Å². The zero-order valence-corrected chi connectivity index (χ0v) is 21.8. The normalized spacial score (nSPS) is 26.0. The quantitative estimate of drug-likeness (QED) is 0.381. The van der Waals surface area contributed by atoms with E-state index < -0.39 is 66.4 Å². The SMILES string of the molecule is COC1(c2ccc(Cl)c(C(=O)OC(C)(C)C)c2)O[C@H](COC(C)=O)[C@@H](OC(C)=O)[C@H](OC(C)=O)[C@H]1F. The van der Waals surface area contributed by atoms with Crippen LogP contribution in [0.1, 0.15) is 57.5 Å². The molecule has 5 atom stereocenters. The van der Waals surface area contributed by atoms with Crippen molar-refractivity contribution < 1.29 is 52.0 Å². The maximum Gasteiger partial charge on any atom is 0.340 e. The molecule has 1 aromatic carbocycles. The second-order valence-corrected chi connectivity index (χ2v) is 9.48. The highest BCUT2D eigenvalue weighted by Crippen LogP contribution is 2.44. The lowest BCUT2D eigenvalue weighted by atomic mass is 9.88. The summed E-state index contributed by atoms with van der Waals surface area (Å²) in [5.74, 6) is -5.44. The Morgan fingerprint density at radius 1 is 1.03 bits per heavy atom. The van der Waals surface area contributed by atoms with Gasteiger partial charge in [0.25, 0.3) is 0 Å². The molecule has 1 unspecified atom stereocenters. The molecule has 200 valence electrons. The average molecular weight is 533 g/mol. The summed E-state index contributed by atoms with van der Waals surface area (Å²) in [4.78, 5) is 47.8. The summed E-state index contributed by atoms with van der Waals surface area (Å²) in [5, 5.41) is 0.0243. The Kier molecular flexibility index (Phi) is 9.44. The van der Waals surface area contributed by atoms with Gasteiger partial charge in [-0.1, -0.05) is 17.7 Å². The topological polar surface area (TPSA) is 124 Å². The summed E-state index contributed by atoms with van der Waals surface area (Å²) in [6.45, 7) is 7.77. The molecule has 0 amide bonds. The Labute approximate surface area is 213 Å². The number of esters is 4. The first-order valence-electron chi connectivity index (χ1n) is 11.0. The molecule has 36 heavy (non-hydrogen) atoms. The molecule has 0 aromatic heterocycles. The van der Waals surface area contributed by atoms with Gasteiger partial charge in [0.1, 0.15) is 18.3 Å². The van der Waals surface area contributed by atoms with Crippen LogP contribution in [0.2, 0.25) is 5.02 Å². The maximum atomic E-state index is 16.2. The number of ether oxygens (including phenoxy) is 6. The van der Waals surface area contributed by atoms with Gasteiger partial charge in [0.2, 0.25) is 5.79 Å². The summed E-state index contributed by atoms with van der Waals surface area (Å²) in [6.07, 6.45) is -6.80. The molecular weight excluding hydrogens is 503 g/mol. The first kappa shape index (κ1) is 29.5. The summed E-state index contributed by atoms with van der Waals surface area (Å²) >= 11 is 6.21. The highest BCUT2D eigenvalue weighted by Gasteiger charge is 2.60. The standard InChI is InChI=1S/C24H30ClFO10/c1-12(27)32-11-18-19(33-13(2)28)20(34-14(3)29)21(26)24(31-7,35-18)15-8-9-17(25)16(10-15)22(30)36-23(4,5)6/h8-10,18-21H,11H2,1-7H3/t18-,19-,20+,21-,24?/m1/s1. The van der Waals surface area contributed by atoms with E-state index in [1.807, 2.05) is 0 Å². The fourth-order valence-electron chi connectivity index (χ4n) is 3.67. The van der Waals surface area contributed by atoms with Crippen molar-refractivity contribution in [3.63, 3.8) is 0 Å². The number of hydrogen-bond donors (Lipinski definition) is 0. The Morgan fingerprint density at radius 3 is 2.11 bits per heavy atom. The monoisotopic (exact) mass is 532 g/mol. The van der Waals surface area contributed by atoms with Crippen LogP contribution in [-0.2, 0) is 48.6 Å². The van der Waals surface area contributed by atoms with Crippen LogP contribution in [0.3, 0.4) is 0 Å². The minimum atomic E-state index is -2.29. The third kappa shape index (κ3) is 6.92. The molecule has 12 heteroatoms. The lowest BCUT2D eigenvalue weighted by Crippen LogP contribution is -2.64. The van der Waals surface area contributed by atoms with E-state index in [1.54, 1.807) is 20.8 Å². The van der Waals surface area contributed by atoms with Crippen LogP contribution >= 0.6 is 11.6 Å². The number of hydrogen-bond acceptors (Lipinski definition) is 10. The van der Waals surface area contributed by atoms with Gasteiger partial charge in [-0.15, -0.1) is 0 Å². The van der Waals surface area contributed by atoms with Crippen molar-refractivity contribution >= 4 is 35.5 Å². The molecule has 0 spiro atoms. The van der Waals surface area contributed by atoms with Crippen LogP contribution < -0.4 is 0 Å². The van der Waals surface area contributed by atoms with Crippen LogP contribution in [-0.4, -0.2) is 67.7 Å². The Bertz CT molecular complexity index is 1010. The number of benzene rings is 1. The highest BCUT2D eigenvalue weighted by atomic mass is 35.5. The molecular formula is C24H30ClFO10. The molecule has 0 aliphatic carbocycles. The Morgan fingerprint density at radius 2 is 1.61 bits per heavy atom.